The molecule has 1 aromatic heterocycles. The van der Waals surface area contributed by atoms with Crippen LogP contribution in [0.15, 0.2) is 64.2 Å². The van der Waals surface area contributed by atoms with Crippen molar-refractivity contribution < 1.29 is 12.8 Å². The topological polar surface area (TPSA) is 72.2 Å². The van der Waals surface area contributed by atoms with Crippen molar-refractivity contribution in [1.82, 2.24) is 4.98 Å². The van der Waals surface area contributed by atoms with Gasteiger partial charge in [0.05, 0.1) is 4.90 Å². The van der Waals surface area contributed by atoms with Crippen molar-refractivity contribution in [2.24, 2.45) is 0 Å². The summed E-state index contributed by atoms with van der Waals surface area (Å²) in [5.74, 6) is 0. The third-order valence-corrected chi connectivity index (χ3v) is 4.02. The monoisotopic (exact) mass is 274 g/mol. The number of rotatable bonds is 3. The summed E-state index contributed by atoms with van der Waals surface area (Å²) in [6, 6.07) is 13.3. The molecule has 0 atom stereocenters. The third-order valence-electron chi connectivity index (χ3n) is 2.64. The molecule has 0 bridgehead atoms. The molecular weight excluding hydrogens is 264 g/mol. The Kier molecular flexibility index (Phi) is 2.72. The van der Waals surface area contributed by atoms with E-state index >= 15 is 0 Å². The van der Waals surface area contributed by atoms with Crippen LogP contribution >= 0.6 is 0 Å². The second-order valence-corrected chi connectivity index (χ2v) is 5.64. The van der Waals surface area contributed by atoms with Crippen LogP contribution in [0.4, 0.5) is 5.69 Å². The van der Waals surface area contributed by atoms with Gasteiger partial charge in [0.15, 0.2) is 12.0 Å². The van der Waals surface area contributed by atoms with E-state index in [4.69, 9.17) is 4.42 Å². The number of benzene rings is 2. The number of hydrogen-bond acceptors (Lipinski definition) is 4. The summed E-state index contributed by atoms with van der Waals surface area (Å²) >= 11 is 0. The minimum atomic E-state index is -3.62. The van der Waals surface area contributed by atoms with Crippen molar-refractivity contribution in [3.8, 4) is 0 Å². The van der Waals surface area contributed by atoms with Crippen molar-refractivity contribution in [2.75, 3.05) is 4.72 Å². The summed E-state index contributed by atoms with van der Waals surface area (Å²) in [6.45, 7) is 0. The molecule has 0 fully saturated rings. The highest BCUT2D eigenvalue weighted by Crippen LogP contribution is 2.20. The second kappa shape index (κ2) is 4.40. The van der Waals surface area contributed by atoms with Gasteiger partial charge in [0.25, 0.3) is 10.0 Å². The fourth-order valence-electron chi connectivity index (χ4n) is 1.72. The summed E-state index contributed by atoms with van der Waals surface area (Å²) in [5, 5.41) is 0. The Balaban J connectivity index is 1.99. The molecule has 3 rings (SSSR count). The molecule has 2 aromatic carbocycles. The molecule has 0 radical (unpaired) electrons. The summed E-state index contributed by atoms with van der Waals surface area (Å²) in [6.07, 6.45) is 1.28. The zero-order valence-corrected chi connectivity index (χ0v) is 10.6. The molecule has 6 heteroatoms. The fourth-order valence-corrected chi connectivity index (χ4v) is 2.80. The first-order valence-corrected chi connectivity index (χ1v) is 7.05. The molecule has 5 nitrogen and oxygen atoms in total. The normalized spacial score (nSPS) is 11.6. The van der Waals surface area contributed by atoms with Crippen LogP contribution in [0.2, 0.25) is 0 Å². The van der Waals surface area contributed by atoms with Gasteiger partial charge in [-0.3, -0.25) is 4.72 Å². The third kappa shape index (κ3) is 2.30. The van der Waals surface area contributed by atoms with E-state index < -0.39 is 10.0 Å². The number of hydrogen-bond donors (Lipinski definition) is 1. The minimum absolute atomic E-state index is 0.139. The highest BCUT2D eigenvalue weighted by Gasteiger charge is 2.15. The van der Waals surface area contributed by atoms with Crippen LogP contribution in [0.25, 0.3) is 11.1 Å². The first-order valence-electron chi connectivity index (χ1n) is 5.56. The molecule has 0 aliphatic heterocycles. The Morgan fingerprint density at radius 2 is 1.84 bits per heavy atom. The Hall–Kier alpha value is -2.34. The van der Waals surface area contributed by atoms with Crippen molar-refractivity contribution in [2.45, 2.75) is 4.90 Å². The number of anilines is 1. The van der Waals surface area contributed by atoms with Gasteiger partial charge >= 0.3 is 0 Å². The lowest BCUT2D eigenvalue weighted by Crippen LogP contribution is -2.12. The van der Waals surface area contributed by atoms with Gasteiger partial charge in [-0.2, -0.15) is 0 Å². The number of fused-ring (bicyclic) bond motifs is 1. The van der Waals surface area contributed by atoms with Gasteiger partial charge in [0, 0.05) is 11.8 Å². The van der Waals surface area contributed by atoms with Crippen LogP contribution in [-0.2, 0) is 10.0 Å². The number of aromatic nitrogens is 1. The second-order valence-electron chi connectivity index (χ2n) is 3.95. The highest BCUT2D eigenvalue weighted by atomic mass is 32.2. The van der Waals surface area contributed by atoms with Gasteiger partial charge in [-0.05, 0) is 24.3 Å². The van der Waals surface area contributed by atoms with E-state index in [-0.39, 0.29) is 4.90 Å². The van der Waals surface area contributed by atoms with Crippen LogP contribution < -0.4 is 4.72 Å². The van der Waals surface area contributed by atoms with Gasteiger partial charge in [-0.15, -0.1) is 0 Å². The van der Waals surface area contributed by atoms with Crippen molar-refractivity contribution >= 4 is 26.8 Å². The lowest BCUT2D eigenvalue weighted by Gasteiger charge is -2.07. The lowest BCUT2D eigenvalue weighted by molar-refractivity contribution is 0.594. The van der Waals surface area contributed by atoms with Gasteiger partial charge in [0.2, 0.25) is 0 Å². The quantitative estimate of drug-likeness (QED) is 0.797. The van der Waals surface area contributed by atoms with Crippen LogP contribution in [-0.4, -0.2) is 13.4 Å². The van der Waals surface area contributed by atoms with E-state index in [1.807, 2.05) is 6.07 Å². The molecule has 19 heavy (non-hydrogen) atoms. The molecule has 0 amide bonds. The molecular formula is C13H10N2O3S. The highest BCUT2D eigenvalue weighted by molar-refractivity contribution is 7.92. The predicted molar refractivity (Wildman–Crippen MR) is 71.3 cm³/mol. The lowest BCUT2D eigenvalue weighted by atomic mass is 10.3. The predicted octanol–water partition coefficient (Wildman–Crippen LogP) is 2.63. The molecule has 0 saturated heterocycles. The summed E-state index contributed by atoms with van der Waals surface area (Å²) in [4.78, 5) is 4.08. The first kappa shape index (κ1) is 11.7. The minimum Gasteiger partial charge on any atom is -0.443 e. The maximum atomic E-state index is 12.2. The summed E-state index contributed by atoms with van der Waals surface area (Å²) in [7, 11) is -3.62. The number of oxazole rings is 1. The van der Waals surface area contributed by atoms with E-state index in [0.29, 0.717) is 16.8 Å². The molecule has 0 saturated carbocycles. The van der Waals surface area contributed by atoms with E-state index in [0.717, 1.165) is 0 Å². The van der Waals surface area contributed by atoms with Gasteiger partial charge in [-0.25, -0.2) is 13.4 Å². The Morgan fingerprint density at radius 1 is 1.05 bits per heavy atom. The summed E-state index contributed by atoms with van der Waals surface area (Å²) in [5.41, 5.74) is 1.58. The smallest absolute Gasteiger partial charge is 0.262 e. The Bertz CT molecular complexity index is 810. The van der Waals surface area contributed by atoms with Crippen LogP contribution in [0.1, 0.15) is 0 Å². The SMILES string of the molecule is O=S(=O)(Nc1ccccc1)c1ccc2ncoc2c1. The molecule has 0 unspecified atom stereocenters. The number of para-hydroxylation sites is 1. The van der Waals surface area contributed by atoms with E-state index in [1.165, 1.54) is 18.5 Å². The molecule has 0 aliphatic rings. The fraction of sp³-hybridized carbons (Fsp3) is 0. The first-order chi connectivity index (χ1) is 9.15. The average molecular weight is 274 g/mol. The van der Waals surface area contributed by atoms with Crippen molar-refractivity contribution in [3.63, 3.8) is 0 Å². The average Bonchev–Trinajstić information content (AvgIpc) is 2.86. The van der Waals surface area contributed by atoms with E-state index in [2.05, 4.69) is 9.71 Å². The van der Waals surface area contributed by atoms with Gasteiger partial charge in [0.1, 0.15) is 5.52 Å². The standard InChI is InChI=1S/C13H10N2O3S/c16-19(17,15-10-4-2-1-3-5-10)11-6-7-12-13(8-11)18-9-14-12/h1-9,15H. The molecule has 1 N–H and O–H groups in total. The molecule has 1 heterocycles. The van der Waals surface area contributed by atoms with Crippen molar-refractivity contribution in [3.05, 3.63) is 54.9 Å². The number of sulfonamides is 1. The van der Waals surface area contributed by atoms with Crippen molar-refractivity contribution in [1.29, 1.82) is 0 Å². The maximum Gasteiger partial charge on any atom is 0.262 e. The molecule has 0 aliphatic carbocycles. The van der Waals surface area contributed by atoms with E-state index in [9.17, 15) is 8.42 Å². The van der Waals surface area contributed by atoms with E-state index in [1.54, 1.807) is 30.3 Å². The Labute approximate surface area is 109 Å². The zero-order chi connectivity index (χ0) is 13.3. The van der Waals surface area contributed by atoms with Gasteiger partial charge < -0.3 is 4.42 Å². The van der Waals surface area contributed by atoms with Crippen LogP contribution in [0.3, 0.4) is 0 Å². The largest absolute Gasteiger partial charge is 0.443 e. The Morgan fingerprint density at radius 3 is 2.63 bits per heavy atom. The molecule has 3 aromatic rings. The molecule has 0 spiro atoms. The number of nitrogens with zero attached hydrogens (tertiary/aromatic N) is 1. The van der Waals surface area contributed by atoms with Gasteiger partial charge in [-0.1, -0.05) is 18.2 Å². The molecule has 96 valence electrons. The maximum absolute atomic E-state index is 12.2. The van der Waals surface area contributed by atoms with Crippen LogP contribution in [0.5, 0.6) is 0 Å². The summed E-state index contributed by atoms with van der Waals surface area (Å²) < 4.78 is 32.0. The van der Waals surface area contributed by atoms with Crippen LogP contribution in [0, 0.1) is 0 Å². The number of nitrogens with one attached hydrogen (secondary N) is 1. The zero-order valence-electron chi connectivity index (χ0n) is 9.78.